The molecule has 0 aliphatic heterocycles. The number of imidazole rings is 1. The van der Waals surface area contributed by atoms with Crippen molar-refractivity contribution in [2.45, 2.75) is 32.2 Å². The number of aromatic amines is 1. The van der Waals surface area contributed by atoms with Crippen molar-refractivity contribution in [2.24, 2.45) is 5.73 Å². The van der Waals surface area contributed by atoms with Crippen molar-refractivity contribution >= 4 is 0 Å². The smallest absolute Gasteiger partial charge is 0.113 e. The molecule has 0 radical (unpaired) electrons. The van der Waals surface area contributed by atoms with E-state index in [1.54, 1.807) is 6.26 Å². The first kappa shape index (κ1) is 9.66. The minimum Gasteiger partial charge on any atom is -0.469 e. The van der Waals surface area contributed by atoms with Gasteiger partial charge < -0.3 is 15.1 Å². The van der Waals surface area contributed by atoms with Crippen LogP contribution in [0.3, 0.4) is 0 Å². The maximum Gasteiger partial charge on any atom is 0.113 e. The number of rotatable bonds is 2. The van der Waals surface area contributed by atoms with E-state index >= 15 is 0 Å². The molecule has 0 spiro atoms. The lowest BCUT2D eigenvalue weighted by Gasteiger charge is -2.08. The van der Waals surface area contributed by atoms with Crippen molar-refractivity contribution in [1.29, 1.82) is 0 Å². The minimum atomic E-state index is 0.136. The van der Waals surface area contributed by atoms with Crippen LogP contribution in [0, 0.1) is 0 Å². The molecule has 16 heavy (non-hydrogen) atoms. The van der Waals surface area contributed by atoms with Crippen LogP contribution in [0.25, 0.3) is 11.3 Å². The molecule has 0 saturated carbocycles. The van der Waals surface area contributed by atoms with Gasteiger partial charge in [-0.25, -0.2) is 4.98 Å². The molecule has 3 N–H and O–H groups in total. The Hall–Kier alpha value is -1.55. The molecule has 1 aliphatic rings. The Balaban J connectivity index is 2.02. The molecule has 0 fully saturated rings. The number of hydrogen-bond donors (Lipinski definition) is 2. The predicted octanol–water partition coefficient (Wildman–Crippen LogP) is 1.66. The van der Waals surface area contributed by atoms with Crippen LogP contribution in [-0.2, 0) is 19.3 Å². The molecule has 2 aromatic rings. The van der Waals surface area contributed by atoms with Crippen LogP contribution in [-0.4, -0.2) is 16.0 Å². The second-order valence-corrected chi connectivity index (χ2v) is 4.45. The zero-order valence-corrected chi connectivity index (χ0v) is 9.29. The lowest BCUT2D eigenvalue weighted by molar-refractivity contribution is 0.506. The van der Waals surface area contributed by atoms with Crippen molar-refractivity contribution in [1.82, 2.24) is 9.97 Å². The Morgan fingerprint density at radius 1 is 1.56 bits per heavy atom. The van der Waals surface area contributed by atoms with E-state index in [0.29, 0.717) is 0 Å². The zero-order valence-electron chi connectivity index (χ0n) is 9.29. The van der Waals surface area contributed by atoms with Gasteiger partial charge in [0.25, 0.3) is 0 Å². The maximum absolute atomic E-state index is 5.78. The van der Waals surface area contributed by atoms with Crippen molar-refractivity contribution in [2.75, 3.05) is 0 Å². The van der Waals surface area contributed by atoms with Gasteiger partial charge in [0.2, 0.25) is 0 Å². The number of aryl methyl sites for hydroxylation is 2. The molecule has 1 unspecified atom stereocenters. The Bertz CT molecular complexity index is 510. The molecular formula is C12H15N3O. The number of nitrogens with zero attached hydrogens (tertiary/aromatic N) is 1. The minimum absolute atomic E-state index is 0.136. The molecule has 1 aliphatic carbocycles. The molecular weight excluding hydrogens is 202 g/mol. The van der Waals surface area contributed by atoms with Crippen LogP contribution in [0.15, 0.2) is 16.7 Å². The molecule has 84 valence electrons. The second-order valence-electron chi connectivity index (χ2n) is 4.45. The molecule has 0 aromatic carbocycles. The zero-order chi connectivity index (χ0) is 11.1. The van der Waals surface area contributed by atoms with E-state index in [2.05, 4.69) is 9.97 Å². The molecule has 2 heterocycles. The molecule has 2 aromatic heterocycles. The largest absolute Gasteiger partial charge is 0.469 e. The van der Waals surface area contributed by atoms with Crippen LogP contribution in [0.4, 0.5) is 0 Å². The number of nitrogens with one attached hydrogen (secondary N) is 1. The molecule has 3 rings (SSSR count). The summed E-state index contributed by atoms with van der Waals surface area (Å²) < 4.78 is 5.42. The third-order valence-corrected chi connectivity index (χ3v) is 2.95. The van der Waals surface area contributed by atoms with Crippen molar-refractivity contribution < 1.29 is 4.42 Å². The van der Waals surface area contributed by atoms with Crippen molar-refractivity contribution in [3.8, 4) is 11.3 Å². The van der Waals surface area contributed by atoms with Crippen LogP contribution < -0.4 is 5.73 Å². The summed E-state index contributed by atoms with van der Waals surface area (Å²) >= 11 is 0. The molecule has 0 saturated heterocycles. The lowest BCUT2D eigenvalue weighted by Crippen LogP contribution is -2.18. The van der Waals surface area contributed by atoms with Gasteiger partial charge in [-0.1, -0.05) is 0 Å². The van der Waals surface area contributed by atoms with E-state index in [1.807, 2.05) is 13.0 Å². The van der Waals surface area contributed by atoms with Gasteiger partial charge in [-0.3, -0.25) is 0 Å². The van der Waals surface area contributed by atoms with E-state index in [9.17, 15) is 0 Å². The fraction of sp³-hybridized carbons (Fsp3) is 0.417. The first-order valence-electron chi connectivity index (χ1n) is 5.64. The molecule has 4 heteroatoms. The summed E-state index contributed by atoms with van der Waals surface area (Å²) in [5, 5.41) is 0. The molecule has 0 bridgehead atoms. The fourth-order valence-electron chi connectivity index (χ4n) is 2.25. The number of hydrogen-bond acceptors (Lipinski definition) is 3. The average Bonchev–Trinajstić information content (AvgIpc) is 2.78. The van der Waals surface area contributed by atoms with Crippen LogP contribution in [0.5, 0.6) is 0 Å². The van der Waals surface area contributed by atoms with E-state index in [0.717, 1.165) is 42.1 Å². The highest BCUT2D eigenvalue weighted by Crippen LogP contribution is 2.32. The number of furan rings is 1. The third kappa shape index (κ3) is 1.46. The summed E-state index contributed by atoms with van der Waals surface area (Å²) in [5.41, 5.74) is 9.17. The Morgan fingerprint density at radius 3 is 3.25 bits per heavy atom. The van der Waals surface area contributed by atoms with Gasteiger partial charge in [-0.05, 0) is 19.4 Å². The summed E-state index contributed by atoms with van der Waals surface area (Å²) in [6, 6.07) is 2.13. The van der Waals surface area contributed by atoms with E-state index in [1.165, 1.54) is 5.69 Å². The predicted molar refractivity (Wildman–Crippen MR) is 61.1 cm³/mol. The van der Waals surface area contributed by atoms with Crippen LogP contribution in [0.1, 0.15) is 24.2 Å². The van der Waals surface area contributed by atoms with Gasteiger partial charge in [0, 0.05) is 30.1 Å². The highest BCUT2D eigenvalue weighted by atomic mass is 16.3. The second kappa shape index (κ2) is 3.49. The van der Waals surface area contributed by atoms with Gasteiger partial charge in [-0.15, -0.1) is 0 Å². The summed E-state index contributed by atoms with van der Waals surface area (Å²) in [6.45, 7) is 1.99. The molecule has 1 atom stereocenters. The van der Waals surface area contributed by atoms with Gasteiger partial charge in [0.05, 0.1) is 12.0 Å². The summed E-state index contributed by atoms with van der Waals surface area (Å²) in [5.74, 6) is 2.03. The number of nitrogens with two attached hydrogens (primary N) is 1. The van der Waals surface area contributed by atoms with Gasteiger partial charge in [0.1, 0.15) is 11.6 Å². The van der Waals surface area contributed by atoms with E-state index in [-0.39, 0.29) is 6.04 Å². The monoisotopic (exact) mass is 217 g/mol. The normalized spacial score (nSPS) is 15.6. The Labute approximate surface area is 93.9 Å². The first-order valence-corrected chi connectivity index (χ1v) is 5.64. The van der Waals surface area contributed by atoms with Crippen LogP contribution >= 0.6 is 0 Å². The number of fused-ring (bicyclic) bond motifs is 3. The van der Waals surface area contributed by atoms with Gasteiger partial charge >= 0.3 is 0 Å². The number of aromatic nitrogens is 2. The molecule has 0 amide bonds. The topological polar surface area (TPSA) is 67.8 Å². The first-order chi connectivity index (χ1) is 7.74. The van der Waals surface area contributed by atoms with Crippen LogP contribution in [0.2, 0.25) is 0 Å². The standard InChI is InChI=1S/C12H15N3O/c1-7(13)6-11-14-9-2-3-10-8(4-5-16-10)12(9)15-11/h4-5,7H,2-3,6,13H2,1H3,(H,14,15). The maximum atomic E-state index is 5.78. The van der Waals surface area contributed by atoms with Crippen molar-refractivity contribution in [3.05, 3.63) is 29.6 Å². The van der Waals surface area contributed by atoms with E-state index < -0.39 is 0 Å². The molecule has 4 nitrogen and oxygen atoms in total. The quantitative estimate of drug-likeness (QED) is 0.803. The Kier molecular flexibility index (Phi) is 2.11. The third-order valence-electron chi connectivity index (χ3n) is 2.95. The summed E-state index contributed by atoms with van der Waals surface area (Å²) in [6.07, 6.45) is 4.46. The lowest BCUT2D eigenvalue weighted by atomic mass is 10.00. The Morgan fingerprint density at radius 2 is 2.44 bits per heavy atom. The van der Waals surface area contributed by atoms with Gasteiger partial charge in [0.15, 0.2) is 0 Å². The van der Waals surface area contributed by atoms with E-state index in [4.69, 9.17) is 10.2 Å². The average molecular weight is 217 g/mol. The highest BCUT2D eigenvalue weighted by molar-refractivity contribution is 5.66. The SMILES string of the molecule is CC(N)Cc1nc2c([nH]1)CCc1occc1-2. The number of H-pyrrole nitrogens is 1. The summed E-state index contributed by atoms with van der Waals surface area (Å²) in [4.78, 5) is 7.97. The fourth-order valence-corrected chi connectivity index (χ4v) is 2.25. The highest BCUT2D eigenvalue weighted by Gasteiger charge is 2.22. The summed E-state index contributed by atoms with van der Waals surface area (Å²) in [7, 11) is 0. The van der Waals surface area contributed by atoms with Crippen molar-refractivity contribution in [3.63, 3.8) is 0 Å². The van der Waals surface area contributed by atoms with Gasteiger partial charge in [-0.2, -0.15) is 0 Å².